The van der Waals surface area contributed by atoms with E-state index >= 15 is 0 Å². The summed E-state index contributed by atoms with van der Waals surface area (Å²) in [5, 5.41) is 6.16. The molecule has 0 saturated carbocycles. The molecule has 0 aliphatic rings. The van der Waals surface area contributed by atoms with Crippen LogP contribution in [0.2, 0.25) is 5.02 Å². The third kappa shape index (κ3) is 4.75. The van der Waals surface area contributed by atoms with Crippen LogP contribution in [-0.2, 0) is 6.54 Å². The fraction of sp³-hybridized carbons (Fsp3) is 0.136. The molecule has 1 aromatic heterocycles. The number of halogens is 1. The van der Waals surface area contributed by atoms with Crippen LogP contribution in [0, 0.1) is 13.8 Å². The molecule has 2 aromatic carbocycles. The van der Waals surface area contributed by atoms with Crippen molar-refractivity contribution in [2.75, 3.05) is 5.32 Å². The average molecular weight is 394 g/mol. The van der Waals surface area contributed by atoms with Gasteiger partial charge in [0.05, 0.1) is 10.7 Å². The summed E-state index contributed by atoms with van der Waals surface area (Å²) in [5.41, 5.74) is 4.35. The molecule has 0 spiro atoms. The van der Waals surface area contributed by atoms with Gasteiger partial charge in [-0.25, -0.2) is 0 Å². The van der Waals surface area contributed by atoms with Crippen LogP contribution in [0.5, 0.6) is 0 Å². The number of rotatable bonds is 5. The van der Waals surface area contributed by atoms with E-state index in [0.717, 1.165) is 16.7 Å². The number of amides is 2. The van der Waals surface area contributed by atoms with E-state index in [1.807, 2.05) is 32.0 Å². The first-order valence-electron chi connectivity index (χ1n) is 8.79. The maximum atomic E-state index is 12.5. The molecule has 1 heterocycles. The fourth-order valence-corrected chi connectivity index (χ4v) is 3.19. The lowest BCUT2D eigenvalue weighted by molar-refractivity contribution is 0.0949. The Balaban J connectivity index is 1.65. The Labute approximate surface area is 168 Å². The number of hydrogen-bond donors (Lipinski definition) is 2. The quantitative estimate of drug-likeness (QED) is 0.668. The van der Waals surface area contributed by atoms with Gasteiger partial charge in [0, 0.05) is 30.1 Å². The monoisotopic (exact) mass is 393 g/mol. The average Bonchev–Trinajstić information content (AvgIpc) is 2.69. The molecular formula is C22H20ClN3O2. The van der Waals surface area contributed by atoms with E-state index in [4.69, 9.17) is 11.6 Å². The first kappa shape index (κ1) is 19.6. The number of pyridine rings is 1. The van der Waals surface area contributed by atoms with Crippen LogP contribution < -0.4 is 10.6 Å². The minimum atomic E-state index is -0.281. The first-order chi connectivity index (χ1) is 13.4. The topological polar surface area (TPSA) is 71.1 Å². The number of nitrogens with zero attached hydrogens (tertiary/aromatic N) is 1. The molecule has 0 unspecified atom stereocenters. The lowest BCUT2D eigenvalue weighted by Gasteiger charge is -2.12. The van der Waals surface area contributed by atoms with Gasteiger partial charge in [0.1, 0.15) is 0 Å². The zero-order valence-electron chi connectivity index (χ0n) is 15.6. The van der Waals surface area contributed by atoms with Crippen molar-refractivity contribution in [3.8, 4) is 0 Å². The second kappa shape index (κ2) is 8.67. The Hall–Kier alpha value is -3.18. The highest BCUT2D eigenvalue weighted by Crippen LogP contribution is 2.27. The molecule has 0 atom stereocenters. The molecule has 0 bridgehead atoms. The third-order valence-corrected chi connectivity index (χ3v) is 4.55. The molecule has 0 fully saturated rings. The molecule has 28 heavy (non-hydrogen) atoms. The molecule has 0 saturated heterocycles. The van der Waals surface area contributed by atoms with Gasteiger partial charge in [-0.3, -0.25) is 14.6 Å². The van der Waals surface area contributed by atoms with E-state index in [0.29, 0.717) is 28.4 Å². The Bertz CT molecular complexity index is 979. The van der Waals surface area contributed by atoms with E-state index in [1.54, 1.807) is 42.7 Å². The predicted octanol–water partition coefficient (Wildman–Crippen LogP) is 4.53. The molecule has 142 valence electrons. The van der Waals surface area contributed by atoms with Crippen molar-refractivity contribution in [2.24, 2.45) is 0 Å². The van der Waals surface area contributed by atoms with Gasteiger partial charge in [0.15, 0.2) is 0 Å². The summed E-state index contributed by atoms with van der Waals surface area (Å²) in [6.45, 7) is 4.23. The van der Waals surface area contributed by atoms with Crippen LogP contribution in [0.3, 0.4) is 0 Å². The van der Waals surface area contributed by atoms with Crippen LogP contribution in [0.1, 0.15) is 37.4 Å². The number of carbonyl (C=O) groups is 2. The SMILES string of the molecule is Cc1cc(C)c(NC(=O)c2ccc(C(=O)NCc3cccnc3)cc2)c(Cl)c1. The minimum Gasteiger partial charge on any atom is -0.348 e. The predicted molar refractivity (Wildman–Crippen MR) is 111 cm³/mol. The summed E-state index contributed by atoms with van der Waals surface area (Å²) < 4.78 is 0. The van der Waals surface area contributed by atoms with E-state index in [-0.39, 0.29) is 11.8 Å². The second-order valence-electron chi connectivity index (χ2n) is 6.51. The van der Waals surface area contributed by atoms with Crippen molar-refractivity contribution < 1.29 is 9.59 Å². The van der Waals surface area contributed by atoms with Crippen LogP contribution in [-0.4, -0.2) is 16.8 Å². The fourth-order valence-electron chi connectivity index (χ4n) is 2.82. The number of aryl methyl sites for hydroxylation is 2. The van der Waals surface area contributed by atoms with Crippen LogP contribution in [0.4, 0.5) is 5.69 Å². The molecule has 0 radical (unpaired) electrons. The molecule has 3 rings (SSSR count). The number of carbonyl (C=O) groups excluding carboxylic acids is 2. The van der Waals surface area contributed by atoms with Crippen molar-refractivity contribution in [2.45, 2.75) is 20.4 Å². The maximum Gasteiger partial charge on any atom is 0.255 e. The normalized spacial score (nSPS) is 10.4. The number of benzene rings is 2. The summed E-state index contributed by atoms with van der Waals surface area (Å²) in [5.74, 6) is -0.496. The minimum absolute atomic E-state index is 0.215. The molecule has 0 aliphatic carbocycles. The van der Waals surface area contributed by atoms with E-state index < -0.39 is 0 Å². The highest BCUT2D eigenvalue weighted by Gasteiger charge is 2.12. The summed E-state index contributed by atoms with van der Waals surface area (Å²) in [6, 6.07) is 13.9. The second-order valence-corrected chi connectivity index (χ2v) is 6.92. The van der Waals surface area contributed by atoms with E-state index in [9.17, 15) is 9.59 Å². The Morgan fingerprint density at radius 1 is 1.00 bits per heavy atom. The number of hydrogen-bond acceptors (Lipinski definition) is 3. The van der Waals surface area contributed by atoms with E-state index in [1.165, 1.54) is 0 Å². The van der Waals surface area contributed by atoms with Crippen molar-refractivity contribution in [1.29, 1.82) is 0 Å². The zero-order valence-corrected chi connectivity index (χ0v) is 16.4. The number of anilines is 1. The summed E-state index contributed by atoms with van der Waals surface area (Å²) >= 11 is 6.25. The van der Waals surface area contributed by atoms with Gasteiger partial charge < -0.3 is 10.6 Å². The van der Waals surface area contributed by atoms with Gasteiger partial charge in [-0.15, -0.1) is 0 Å². The Morgan fingerprint density at radius 3 is 2.29 bits per heavy atom. The highest BCUT2D eigenvalue weighted by molar-refractivity contribution is 6.34. The van der Waals surface area contributed by atoms with Crippen molar-refractivity contribution in [1.82, 2.24) is 10.3 Å². The van der Waals surface area contributed by atoms with Gasteiger partial charge in [-0.05, 0) is 66.9 Å². The summed E-state index contributed by atoms with van der Waals surface area (Å²) in [4.78, 5) is 28.8. The van der Waals surface area contributed by atoms with E-state index in [2.05, 4.69) is 15.6 Å². The third-order valence-electron chi connectivity index (χ3n) is 4.26. The van der Waals surface area contributed by atoms with Crippen molar-refractivity contribution >= 4 is 29.1 Å². The largest absolute Gasteiger partial charge is 0.348 e. The van der Waals surface area contributed by atoms with Crippen LogP contribution in [0.25, 0.3) is 0 Å². The Morgan fingerprint density at radius 2 is 1.68 bits per heavy atom. The lowest BCUT2D eigenvalue weighted by atomic mass is 10.1. The molecule has 6 heteroatoms. The Kier molecular flexibility index (Phi) is 6.06. The molecule has 3 aromatic rings. The molecular weight excluding hydrogens is 374 g/mol. The van der Waals surface area contributed by atoms with Crippen molar-refractivity contribution in [3.05, 3.63) is 93.8 Å². The standard InChI is InChI=1S/C22H20ClN3O2/c1-14-10-15(2)20(19(23)11-14)26-22(28)18-7-5-17(6-8-18)21(27)25-13-16-4-3-9-24-12-16/h3-12H,13H2,1-2H3,(H,25,27)(H,26,28). The summed E-state index contributed by atoms with van der Waals surface area (Å²) in [7, 11) is 0. The van der Waals surface area contributed by atoms with Crippen molar-refractivity contribution in [3.63, 3.8) is 0 Å². The van der Waals surface area contributed by atoms with Gasteiger partial charge in [-0.1, -0.05) is 23.7 Å². The lowest BCUT2D eigenvalue weighted by Crippen LogP contribution is -2.23. The molecule has 2 amide bonds. The molecule has 0 aliphatic heterocycles. The van der Waals surface area contributed by atoms with Gasteiger partial charge >= 0.3 is 0 Å². The molecule has 5 nitrogen and oxygen atoms in total. The van der Waals surface area contributed by atoms with Crippen LogP contribution >= 0.6 is 11.6 Å². The van der Waals surface area contributed by atoms with Gasteiger partial charge in [0.25, 0.3) is 11.8 Å². The highest BCUT2D eigenvalue weighted by atomic mass is 35.5. The maximum absolute atomic E-state index is 12.5. The van der Waals surface area contributed by atoms with Gasteiger partial charge in [-0.2, -0.15) is 0 Å². The summed E-state index contributed by atoms with van der Waals surface area (Å²) in [6.07, 6.45) is 3.38. The number of nitrogens with one attached hydrogen (secondary N) is 2. The first-order valence-corrected chi connectivity index (χ1v) is 9.17. The smallest absolute Gasteiger partial charge is 0.255 e. The number of aromatic nitrogens is 1. The zero-order chi connectivity index (χ0) is 20.1. The van der Waals surface area contributed by atoms with Crippen LogP contribution in [0.15, 0.2) is 60.9 Å². The van der Waals surface area contributed by atoms with Gasteiger partial charge in [0.2, 0.25) is 0 Å². The molecule has 2 N–H and O–H groups in total.